The second-order valence-electron chi connectivity index (χ2n) is 6.41. The van der Waals surface area contributed by atoms with Gasteiger partial charge in [-0.15, -0.1) is 0 Å². The molecule has 1 amide bonds. The molecule has 0 radical (unpaired) electrons. The van der Waals surface area contributed by atoms with Crippen molar-refractivity contribution in [2.75, 3.05) is 5.32 Å². The number of non-ortho nitro benzene ring substituents is 2. The Morgan fingerprint density at radius 1 is 1.16 bits per heavy atom. The van der Waals surface area contributed by atoms with Gasteiger partial charge in [-0.2, -0.15) is 0 Å². The number of rotatable bonds is 7. The second kappa shape index (κ2) is 8.85. The summed E-state index contributed by atoms with van der Waals surface area (Å²) in [6, 6.07) is 6.85. The molecular formula is C18H13ClN4O9. The molecule has 0 aliphatic heterocycles. The van der Waals surface area contributed by atoms with Crippen LogP contribution in [0.25, 0.3) is 11.1 Å². The minimum absolute atomic E-state index is 0.0352. The molecule has 3 aromatic rings. The molecule has 2 aromatic carbocycles. The molecule has 0 spiro atoms. The molecule has 32 heavy (non-hydrogen) atoms. The highest BCUT2D eigenvalue weighted by Crippen LogP contribution is 2.27. The van der Waals surface area contributed by atoms with Crippen molar-refractivity contribution < 1.29 is 28.6 Å². The molecule has 0 saturated carbocycles. The summed E-state index contributed by atoms with van der Waals surface area (Å²) in [7, 11) is 0. The average Bonchev–Trinajstić information content (AvgIpc) is 3.03. The van der Waals surface area contributed by atoms with Gasteiger partial charge in [-0.25, -0.2) is 4.79 Å². The van der Waals surface area contributed by atoms with E-state index in [0.717, 1.165) is 28.8 Å². The monoisotopic (exact) mass is 464 g/mol. The van der Waals surface area contributed by atoms with Crippen LogP contribution in [0.5, 0.6) is 0 Å². The number of amides is 1. The summed E-state index contributed by atoms with van der Waals surface area (Å²) < 4.78 is 10.8. The van der Waals surface area contributed by atoms with E-state index in [-0.39, 0.29) is 33.2 Å². The molecule has 0 aliphatic rings. The predicted octanol–water partition coefficient (Wildman–Crippen LogP) is 2.63. The summed E-state index contributed by atoms with van der Waals surface area (Å²) >= 11 is 5.92. The summed E-state index contributed by atoms with van der Waals surface area (Å²) in [6.45, 7) is 0.622. The largest absolute Gasteiger partial charge is 0.451 e. The summed E-state index contributed by atoms with van der Waals surface area (Å²) in [5, 5.41) is 24.1. The van der Waals surface area contributed by atoms with E-state index in [1.165, 1.54) is 19.1 Å². The lowest BCUT2D eigenvalue weighted by Crippen LogP contribution is -2.32. The number of oxazole rings is 1. The molecule has 1 aromatic heterocycles. The average molecular weight is 465 g/mol. The normalized spacial score (nSPS) is 11.7. The lowest BCUT2D eigenvalue weighted by Gasteiger charge is -2.14. The van der Waals surface area contributed by atoms with E-state index in [2.05, 4.69) is 5.32 Å². The summed E-state index contributed by atoms with van der Waals surface area (Å²) in [4.78, 5) is 56.9. The summed E-state index contributed by atoms with van der Waals surface area (Å²) in [5.41, 5.74) is -0.625. The van der Waals surface area contributed by atoms with Gasteiger partial charge < -0.3 is 14.5 Å². The number of aromatic nitrogens is 1. The van der Waals surface area contributed by atoms with Crippen LogP contribution in [-0.2, 0) is 20.9 Å². The van der Waals surface area contributed by atoms with Crippen molar-refractivity contribution in [3.05, 3.63) is 72.2 Å². The Balaban J connectivity index is 1.70. The molecule has 0 fully saturated rings. The third kappa shape index (κ3) is 4.73. The van der Waals surface area contributed by atoms with Gasteiger partial charge in [-0.05, 0) is 19.1 Å². The SMILES string of the molecule is CC(OC(=O)Cn1c(=O)oc2cc([N+](=O)[O-])ccc21)C(=O)Nc1cc([N+](=O)[O-])ccc1Cl. The molecule has 1 heterocycles. The number of hydrogen-bond acceptors (Lipinski definition) is 9. The zero-order chi connectivity index (χ0) is 23.6. The Morgan fingerprint density at radius 2 is 1.78 bits per heavy atom. The van der Waals surface area contributed by atoms with Crippen LogP contribution in [0.15, 0.2) is 45.6 Å². The molecule has 1 unspecified atom stereocenters. The van der Waals surface area contributed by atoms with Gasteiger partial charge in [0.2, 0.25) is 0 Å². The van der Waals surface area contributed by atoms with Crippen LogP contribution < -0.4 is 11.1 Å². The van der Waals surface area contributed by atoms with Crippen molar-refractivity contribution in [1.29, 1.82) is 0 Å². The number of nitrogens with one attached hydrogen (secondary N) is 1. The lowest BCUT2D eigenvalue weighted by atomic mass is 10.2. The Morgan fingerprint density at radius 3 is 2.44 bits per heavy atom. The van der Waals surface area contributed by atoms with E-state index in [4.69, 9.17) is 20.8 Å². The number of halogens is 1. The fourth-order valence-electron chi connectivity index (χ4n) is 2.69. The molecule has 13 nitrogen and oxygen atoms in total. The van der Waals surface area contributed by atoms with E-state index >= 15 is 0 Å². The van der Waals surface area contributed by atoms with Crippen molar-refractivity contribution in [2.45, 2.75) is 19.6 Å². The molecule has 166 valence electrons. The van der Waals surface area contributed by atoms with Crippen LogP contribution in [0.1, 0.15) is 6.92 Å². The highest BCUT2D eigenvalue weighted by Gasteiger charge is 2.22. The third-order valence-corrected chi connectivity index (χ3v) is 4.58. The lowest BCUT2D eigenvalue weighted by molar-refractivity contribution is -0.384. The van der Waals surface area contributed by atoms with Gasteiger partial charge in [0.05, 0.1) is 32.1 Å². The van der Waals surface area contributed by atoms with E-state index in [0.29, 0.717) is 0 Å². The fraction of sp³-hybridized carbons (Fsp3) is 0.167. The van der Waals surface area contributed by atoms with E-state index in [1.807, 2.05) is 0 Å². The first-order chi connectivity index (χ1) is 15.1. The van der Waals surface area contributed by atoms with E-state index in [1.54, 1.807) is 0 Å². The van der Waals surface area contributed by atoms with Crippen LogP contribution in [0.4, 0.5) is 17.1 Å². The Hall–Kier alpha value is -4.26. The maximum absolute atomic E-state index is 12.3. The van der Waals surface area contributed by atoms with Crippen molar-refractivity contribution >= 4 is 51.6 Å². The van der Waals surface area contributed by atoms with E-state index < -0.39 is 40.1 Å². The molecule has 1 N–H and O–H groups in total. The van der Waals surface area contributed by atoms with Crippen molar-refractivity contribution in [2.24, 2.45) is 0 Å². The number of carbonyl (C=O) groups excluding carboxylic acids is 2. The minimum atomic E-state index is -1.34. The molecule has 0 aliphatic carbocycles. The smallest absolute Gasteiger partial charge is 0.420 e. The first-order valence-corrected chi connectivity index (χ1v) is 9.16. The topological polar surface area (TPSA) is 177 Å². The van der Waals surface area contributed by atoms with E-state index in [9.17, 15) is 34.6 Å². The van der Waals surface area contributed by atoms with Crippen LogP contribution in [0.2, 0.25) is 5.02 Å². The van der Waals surface area contributed by atoms with Gasteiger partial charge in [0.15, 0.2) is 11.7 Å². The standard InChI is InChI=1S/C18H13ClN4O9/c1-9(17(25)20-13-6-10(22(27)28)2-4-12(13)19)31-16(24)8-21-14-5-3-11(23(29)30)7-15(14)32-18(21)26/h2-7,9H,8H2,1H3,(H,20,25). The Labute approximate surface area is 182 Å². The Bertz CT molecular complexity index is 1310. The number of benzene rings is 2. The maximum atomic E-state index is 12.3. The summed E-state index contributed by atoms with van der Waals surface area (Å²) in [6.07, 6.45) is -1.34. The zero-order valence-corrected chi connectivity index (χ0v) is 16.9. The quantitative estimate of drug-likeness (QED) is 0.312. The highest BCUT2D eigenvalue weighted by molar-refractivity contribution is 6.33. The summed E-state index contributed by atoms with van der Waals surface area (Å²) in [5.74, 6) is -2.74. The van der Waals surface area contributed by atoms with Crippen molar-refractivity contribution in [3.8, 4) is 0 Å². The van der Waals surface area contributed by atoms with Crippen LogP contribution >= 0.6 is 11.6 Å². The van der Waals surface area contributed by atoms with Gasteiger partial charge in [0.25, 0.3) is 17.3 Å². The number of nitrogens with zero attached hydrogens (tertiary/aromatic N) is 3. The van der Waals surface area contributed by atoms with Gasteiger partial charge in [0, 0.05) is 18.2 Å². The first kappa shape index (κ1) is 22.4. The zero-order valence-electron chi connectivity index (χ0n) is 16.1. The minimum Gasteiger partial charge on any atom is -0.451 e. The molecule has 0 saturated heterocycles. The number of hydrogen-bond donors (Lipinski definition) is 1. The van der Waals surface area contributed by atoms with Gasteiger partial charge in [-0.1, -0.05) is 11.6 Å². The third-order valence-electron chi connectivity index (χ3n) is 4.25. The second-order valence-corrected chi connectivity index (χ2v) is 6.81. The molecule has 14 heteroatoms. The van der Waals surface area contributed by atoms with Crippen molar-refractivity contribution in [1.82, 2.24) is 4.57 Å². The number of ether oxygens (including phenoxy) is 1. The first-order valence-electron chi connectivity index (χ1n) is 8.79. The number of nitro groups is 2. The number of nitro benzene ring substituents is 2. The van der Waals surface area contributed by atoms with Gasteiger partial charge >= 0.3 is 11.7 Å². The maximum Gasteiger partial charge on any atom is 0.420 e. The number of anilines is 1. The van der Waals surface area contributed by atoms with Crippen molar-refractivity contribution in [3.63, 3.8) is 0 Å². The predicted molar refractivity (Wildman–Crippen MR) is 109 cm³/mol. The molecule has 0 bridgehead atoms. The number of fused-ring (bicyclic) bond motifs is 1. The van der Waals surface area contributed by atoms with Crippen LogP contribution in [0, 0.1) is 20.2 Å². The van der Waals surface area contributed by atoms with Gasteiger partial charge in [0.1, 0.15) is 6.54 Å². The Kier molecular flexibility index (Phi) is 6.20. The van der Waals surface area contributed by atoms with Gasteiger partial charge in [-0.3, -0.25) is 34.4 Å². The number of esters is 1. The molecule has 1 atom stereocenters. The molecule has 3 rings (SSSR count). The molecular weight excluding hydrogens is 452 g/mol. The number of carbonyl (C=O) groups is 2. The van der Waals surface area contributed by atoms with Crippen LogP contribution in [0.3, 0.4) is 0 Å². The fourth-order valence-corrected chi connectivity index (χ4v) is 2.86. The highest BCUT2D eigenvalue weighted by atomic mass is 35.5. The van der Waals surface area contributed by atoms with Crippen LogP contribution in [-0.4, -0.2) is 32.4 Å².